The van der Waals surface area contributed by atoms with Gasteiger partial charge in [-0.3, -0.25) is 4.79 Å². The number of likely N-dealkylation sites (tertiary alicyclic amines) is 1. The lowest BCUT2D eigenvalue weighted by Crippen LogP contribution is -2.50. The van der Waals surface area contributed by atoms with E-state index < -0.39 is 0 Å². The fraction of sp³-hybridized carbons (Fsp3) is 0.833. The third-order valence-electron chi connectivity index (χ3n) is 3.55. The minimum atomic E-state index is 0.0359. The molecule has 0 unspecified atom stereocenters. The number of piperidine rings is 1. The van der Waals surface area contributed by atoms with Gasteiger partial charge in [0, 0.05) is 26.2 Å². The Bertz CT molecular complexity index is 295. The van der Waals surface area contributed by atoms with Gasteiger partial charge in [0.2, 0.25) is 0 Å². The van der Waals surface area contributed by atoms with Gasteiger partial charge in [-0.05, 0) is 18.8 Å². The number of ether oxygens (including phenoxy) is 1. The van der Waals surface area contributed by atoms with Crippen molar-refractivity contribution in [3.63, 3.8) is 0 Å². The van der Waals surface area contributed by atoms with E-state index in [4.69, 9.17) is 17.0 Å². The Labute approximate surface area is 108 Å². The number of hydrogen-bond acceptors (Lipinski definition) is 3. The zero-order valence-corrected chi connectivity index (χ0v) is 11.2. The Morgan fingerprint density at radius 1 is 1.12 bits per heavy atom. The summed E-state index contributed by atoms with van der Waals surface area (Å²) in [5, 5.41) is 0. The van der Waals surface area contributed by atoms with Crippen molar-refractivity contribution in [1.82, 2.24) is 9.80 Å². The van der Waals surface area contributed by atoms with Gasteiger partial charge in [0.05, 0.1) is 13.2 Å². The van der Waals surface area contributed by atoms with Crippen LogP contribution in [0.5, 0.6) is 0 Å². The van der Waals surface area contributed by atoms with Crippen LogP contribution in [-0.4, -0.2) is 60.1 Å². The van der Waals surface area contributed by atoms with Crippen molar-refractivity contribution < 1.29 is 9.53 Å². The molecule has 0 radical (unpaired) electrons. The first-order valence-electron chi connectivity index (χ1n) is 6.34. The lowest BCUT2D eigenvalue weighted by Gasteiger charge is -2.34. The minimum Gasteiger partial charge on any atom is -0.378 e. The van der Waals surface area contributed by atoms with Crippen molar-refractivity contribution in [3.8, 4) is 0 Å². The first-order valence-corrected chi connectivity index (χ1v) is 6.75. The maximum absolute atomic E-state index is 12.2. The number of rotatable bonds is 0. The Hall–Kier alpha value is -0.680. The number of hydrogen-bond donors (Lipinski definition) is 0. The smallest absolute Gasteiger partial charge is 0.281 e. The summed E-state index contributed by atoms with van der Waals surface area (Å²) in [6.07, 6.45) is 2.19. The van der Waals surface area contributed by atoms with E-state index in [1.54, 1.807) is 0 Å². The summed E-state index contributed by atoms with van der Waals surface area (Å²) >= 11 is 5.29. The van der Waals surface area contributed by atoms with Crippen LogP contribution >= 0.6 is 12.2 Å². The van der Waals surface area contributed by atoms with Crippen molar-refractivity contribution in [2.24, 2.45) is 5.92 Å². The number of thiocarbonyl (C=S) groups is 1. The van der Waals surface area contributed by atoms with Gasteiger partial charge in [0.15, 0.2) is 4.99 Å². The molecular formula is C12H20N2O2S. The first kappa shape index (κ1) is 12.8. The summed E-state index contributed by atoms with van der Waals surface area (Å²) < 4.78 is 5.26. The molecule has 5 heteroatoms. The standard InChI is InChI=1S/C12H20N2O2S/c1-10-2-4-13(5-3-10)11(15)12(17)14-6-8-16-9-7-14/h10H,2-9H2,1H3. The number of carbonyl (C=O) groups is 1. The van der Waals surface area contributed by atoms with Crippen LogP contribution in [0.4, 0.5) is 0 Å². The second kappa shape index (κ2) is 5.78. The fourth-order valence-corrected chi connectivity index (χ4v) is 2.56. The predicted octanol–water partition coefficient (Wildman–Crippen LogP) is 0.905. The Balaban J connectivity index is 1.88. The molecule has 96 valence electrons. The molecule has 2 rings (SSSR count). The largest absolute Gasteiger partial charge is 0.378 e. The van der Waals surface area contributed by atoms with Crippen LogP contribution in [0.2, 0.25) is 0 Å². The van der Waals surface area contributed by atoms with Crippen molar-refractivity contribution >= 4 is 23.1 Å². The lowest BCUT2D eigenvalue weighted by molar-refractivity contribution is -0.126. The molecule has 0 aliphatic carbocycles. The third-order valence-corrected chi connectivity index (χ3v) is 3.98. The van der Waals surface area contributed by atoms with Crippen LogP contribution in [0.25, 0.3) is 0 Å². The van der Waals surface area contributed by atoms with Crippen molar-refractivity contribution in [2.75, 3.05) is 39.4 Å². The van der Waals surface area contributed by atoms with Gasteiger partial charge in [-0.2, -0.15) is 0 Å². The van der Waals surface area contributed by atoms with Crippen LogP contribution in [-0.2, 0) is 9.53 Å². The molecule has 2 fully saturated rings. The Kier molecular flexibility index (Phi) is 4.34. The lowest BCUT2D eigenvalue weighted by atomic mass is 9.99. The molecule has 4 nitrogen and oxygen atoms in total. The quantitative estimate of drug-likeness (QED) is 0.603. The summed E-state index contributed by atoms with van der Waals surface area (Å²) in [6, 6.07) is 0. The molecule has 0 atom stereocenters. The van der Waals surface area contributed by atoms with Gasteiger partial charge in [0.25, 0.3) is 5.91 Å². The van der Waals surface area contributed by atoms with E-state index in [0.29, 0.717) is 18.2 Å². The number of carbonyl (C=O) groups excluding carboxylic acids is 1. The van der Waals surface area contributed by atoms with Gasteiger partial charge in [-0.15, -0.1) is 0 Å². The van der Waals surface area contributed by atoms with Crippen LogP contribution in [0.3, 0.4) is 0 Å². The first-order chi connectivity index (χ1) is 8.18. The highest BCUT2D eigenvalue weighted by Crippen LogP contribution is 2.16. The summed E-state index contributed by atoms with van der Waals surface area (Å²) in [4.78, 5) is 16.6. The number of nitrogens with zero attached hydrogens (tertiary/aromatic N) is 2. The highest BCUT2D eigenvalue weighted by molar-refractivity contribution is 7.81. The predicted molar refractivity (Wildman–Crippen MR) is 70.0 cm³/mol. The molecule has 2 aliphatic heterocycles. The van der Waals surface area contributed by atoms with E-state index in [-0.39, 0.29) is 5.91 Å². The molecule has 0 spiro atoms. The molecule has 0 aromatic carbocycles. The van der Waals surface area contributed by atoms with E-state index in [9.17, 15) is 4.79 Å². The summed E-state index contributed by atoms with van der Waals surface area (Å²) in [7, 11) is 0. The fourth-order valence-electron chi connectivity index (χ4n) is 2.25. The van der Waals surface area contributed by atoms with Crippen molar-refractivity contribution in [2.45, 2.75) is 19.8 Å². The van der Waals surface area contributed by atoms with Gasteiger partial charge in [0.1, 0.15) is 0 Å². The van der Waals surface area contributed by atoms with E-state index in [1.165, 1.54) is 0 Å². The number of morpholine rings is 1. The molecule has 17 heavy (non-hydrogen) atoms. The van der Waals surface area contributed by atoms with Gasteiger partial charge in [-0.25, -0.2) is 0 Å². The van der Waals surface area contributed by atoms with Gasteiger partial charge >= 0.3 is 0 Å². The molecule has 2 heterocycles. The SMILES string of the molecule is CC1CCN(C(=O)C(=S)N2CCOCC2)CC1. The normalized spacial score (nSPS) is 22.6. The molecule has 1 amide bonds. The summed E-state index contributed by atoms with van der Waals surface area (Å²) in [6.45, 7) is 6.77. The molecule has 0 bridgehead atoms. The number of amides is 1. The molecule has 2 aliphatic rings. The van der Waals surface area contributed by atoms with E-state index >= 15 is 0 Å². The average molecular weight is 256 g/mol. The minimum absolute atomic E-state index is 0.0359. The Morgan fingerprint density at radius 3 is 2.29 bits per heavy atom. The average Bonchev–Trinajstić information content (AvgIpc) is 2.39. The zero-order chi connectivity index (χ0) is 12.3. The van der Waals surface area contributed by atoms with E-state index in [2.05, 4.69) is 6.92 Å². The van der Waals surface area contributed by atoms with Gasteiger partial charge < -0.3 is 14.5 Å². The van der Waals surface area contributed by atoms with Crippen LogP contribution in [0, 0.1) is 5.92 Å². The van der Waals surface area contributed by atoms with Gasteiger partial charge in [-0.1, -0.05) is 19.1 Å². The highest BCUT2D eigenvalue weighted by atomic mass is 32.1. The zero-order valence-electron chi connectivity index (χ0n) is 10.4. The van der Waals surface area contributed by atoms with E-state index in [1.807, 2.05) is 9.80 Å². The van der Waals surface area contributed by atoms with Crippen molar-refractivity contribution in [1.29, 1.82) is 0 Å². The highest BCUT2D eigenvalue weighted by Gasteiger charge is 2.26. The molecule has 0 aromatic heterocycles. The molecule has 0 aromatic rings. The van der Waals surface area contributed by atoms with Crippen molar-refractivity contribution in [3.05, 3.63) is 0 Å². The van der Waals surface area contributed by atoms with Crippen LogP contribution in [0.1, 0.15) is 19.8 Å². The topological polar surface area (TPSA) is 32.8 Å². The summed E-state index contributed by atoms with van der Waals surface area (Å²) in [5.74, 6) is 0.768. The van der Waals surface area contributed by atoms with Crippen LogP contribution in [0.15, 0.2) is 0 Å². The second-order valence-corrected chi connectivity index (χ2v) is 5.27. The van der Waals surface area contributed by atoms with E-state index in [0.717, 1.165) is 44.9 Å². The van der Waals surface area contributed by atoms with Crippen LogP contribution < -0.4 is 0 Å². The summed E-state index contributed by atoms with van der Waals surface area (Å²) in [5.41, 5.74) is 0. The monoisotopic (exact) mass is 256 g/mol. The molecular weight excluding hydrogens is 236 g/mol. The maximum atomic E-state index is 12.2. The second-order valence-electron chi connectivity index (χ2n) is 4.88. The molecule has 0 N–H and O–H groups in total. The third kappa shape index (κ3) is 3.16. The molecule has 2 saturated heterocycles. The Morgan fingerprint density at radius 2 is 1.71 bits per heavy atom. The maximum Gasteiger partial charge on any atom is 0.281 e. The molecule has 0 saturated carbocycles.